The number of nitrogens with zero attached hydrogens (tertiary/aromatic N) is 4. The molecule has 19 heavy (non-hydrogen) atoms. The van der Waals surface area contributed by atoms with Crippen molar-refractivity contribution >= 4 is 26.0 Å². The van der Waals surface area contributed by atoms with E-state index >= 15 is 0 Å². The average molecular weight is 346 g/mol. The number of aryl methyl sites for hydroxylation is 1. The number of nitrogens with one attached hydrogen (secondary N) is 1. The van der Waals surface area contributed by atoms with E-state index in [1.165, 1.54) is 11.7 Å². The highest BCUT2D eigenvalue weighted by Gasteiger charge is 2.23. The topological polar surface area (TPSA) is 89.8 Å². The molecule has 0 fully saturated rings. The van der Waals surface area contributed by atoms with Crippen LogP contribution < -0.4 is 4.72 Å². The fourth-order valence-electron chi connectivity index (χ4n) is 1.56. The van der Waals surface area contributed by atoms with Crippen LogP contribution in [-0.2, 0) is 23.5 Å². The molecule has 0 aliphatic heterocycles. The maximum atomic E-state index is 12.1. The van der Waals surface area contributed by atoms with Crippen LogP contribution in [0.3, 0.4) is 0 Å². The quantitative estimate of drug-likeness (QED) is 0.851. The Kier molecular flexibility index (Phi) is 4.27. The number of sulfonamides is 1. The normalized spacial score (nSPS) is 11.7. The first-order valence-corrected chi connectivity index (χ1v) is 7.72. The van der Waals surface area contributed by atoms with E-state index in [1.807, 2.05) is 12.1 Å². The molecule has 2 aromatic heterocycles. The van der Waals surface area contributed by atoms with Crippen LogP contribution in [0.15, 0.2) is 34.2 Å². The number of hydrogen-bond acceptors (Lipinski definition) is 5. The van der Waals surface area contributed by atoms with Gasteiger partial charge in [-0.15, -0.1) is 5.10 Å². The lowest BCUT2D eigenvalue weighted by Gasteiger charge is -2.06. The van der Waals surface area contributed by atoms with Gasteiger partial charge in [-0.25, -0.2) is 17.8 Å². The summed E-state index contributed by atoms with van der Waals surface area (Å²) in [6.45, 7) is 0.296. The maximum Gasteiger partial charge on any atom is 0.260 e. The van der Waals surface area contributed by atoms with Crippen LogP contribution in [-0.4, -0.2) is 34.9 Å². The van der Waals surface area contributed by atoms with Gasteiger partial charge in [-0.2, -0.15) is 0 Å². The van der Waals surface area contributed by atoms with Crippen LogP contribution in [0, 0.1) is 0 Å². The Hall–Kier alpha value is -1.32. The summed E-state index contributed by atoms with van der Waals surface area (Å²) in [5.41, 5.74) is 1.01. The minimum atomic E-state index is -3.62. The first-order chi connectivity index (χ1) is 9.00. The van der Waals surface area contributed by atoms with Crippen molar-refractivity contribution in [2.45, 2.75) is 11.4 Å². The Bertz CT molecular complexity index is 636. The van der Waals surface area contributed by atoms with Gasteiger partial charge in [0.2, 0.25) is 5.03 Å². The van der Waals surface area contributed by atoms with Crippen molar-refractivity contribution in [2.75, 3.05) is 6.54 Å². The number of aromatic nitrogens is 4. The van der Waals surface area contributed by atoms with Gasteiger partial charge in [-0.3, -0.25) is 4.98 Å². The molecule has 2 heterocycles. The first-order valence-electron chi connectivity index (χ1n) is 5.44. The molecule has 0 aliphatic rings. The number of hydrogen-bond donors (Lipinski definition) is 1. The molecule has 1 N–H and O–H groups in total. The van der Waals surface area contributed by atoms with Crippen LogP contribution in [0.5, 0.6) is 0 Å². The van der Waals surface area contributed by atoms with Gasteiger partial charge in [0.15, 0.2) is 4.60 Å². The number of rotatable bonds is 5. The number of pyridine rings is 1. The fourth-order valence-corrected chi connectivity index (χ4v) is 3.68. The Morgan fingerprint density at radius 3 is 2.63 bits per heavy atom. The molecule has 7 nitrogen and oxygen atoms in total. The zero-order valence-corrected chi connectivity index (χ0v) is 12.5. The molecule has 0 saturated carbocycles. The second kappa shape index (κ2) is 5.76. The van der Waals surface area contributed by atoms with E-state index in [0.29, 0.717) is 13.0 Å². The molecule has 0 atom stereocenters. The fraction of sp³-hybridized carbons (Fsp3) is 0.300. The van der Waals surface area contributed by atoms with E-state index in [1.54, 1.807) is 12.4 Å². The summed E-state index contributed by atoms with van der Waals surface area (Å²) in [5.74, 6) is 0. The van der Waals surface area contributed by atoms with Crippen molar-refractivity contribution in [2.24, 2.45) is 7.05 Å². The van der Waals surface area contributed by atoms with Gasteiger partial charge in [0, 0.05) is 26.0 Å². The molecule has 2 rings (SSSR count). The molecule has 0 amide bonds. The third-order valence-electron chi connectivity index (χ3n) is 2.45. The molecular weight excluding hydrogens is 334 g/mol. The van der Waals surface area contributed by atoms with Gasteiger partial charge in [-0.05, 0) is 40.0 Å². The zero-order valence-electron chi connectivity index (χ0n) is 10.1. The van der Waals surface area contributed by atoms with E-state index < -0.39 is 10.0 Å². The van der Waals surface area contributed by atoms with Crippen molar-refractivity contribution in [3.05, 3.63) is 34.7 Å². The highest BCUT2D eigenvalue weighted by Crippen LogP contribution is 2.17. The molecule has 0 unspecified atom stereocenters. The zero-order chi connectivity index (χ0) is 13.9. The van der Waals surface area contributed by atoms with E-state index in [9.17, 15) is 8.42 Å². The summed E-state index contributed by atoms with van der Waals surface area (Å²) in [4.78, 5) is 3.90. The Balaban J connectivity index is 2.03. The average Bonchev–Trinajstić information content (AvgIpc) is 2.70. The number of halogens is 1. The van der Waals surface area contributed by atoms with Crippen LogP contribution >= 0.6 is 15.9 Å². The molecule has 2 aromatic rings. The lowest BCUT2D eigenvalue weighted by Crippen LogP contribution is -2.28. The molecule has 9 heteroatoms. The van der Waals surface area contributed by atoms with E-state index in [2.05, 4.69) is 35.9 Å². The van der Waals surface area contributed by atoms with Crippen LogP contribution in [0.1, 0.15) is 5.56 Å². The molecule has 102 valence electrons. The third-order valence-corrected chi connectivity index (χ3v) is 4.79. The van der Waals surface area contributed by atoms with Crippen LogP contribution in [0.25, 0.3) is 0 Å². The van der Waals surface area contributed by atoms with Crippen LogP contribution in [0.4, 0.5) is 0 Å². The monoisotopic (exact) mass is 345 g/mol. The predicted octanol–water partition coefficient (Wildman–Crippen LogP) is 0.494. The summed E-state index contributed by atoms with van der Waals surface area (Å²) in [7, 11) is -2.10. The summed E-state index contributed by atoms with van der Waals surface area (Å²) >= 11 is 3.07. The van der Waals surface area contributed by atoms with Crippen molar-refractivity contribution < 1.29 is 8.42 Å². The molecule has 0 radical (unpaired) electrons. The molecular formula is C10H12BrN5O2S. The molecule has 0 bridgehead atoms. The smallest absolute Gasteiger partial charge is 0.260 e. The highest BCUT2D eigenvalue weighted by molar-refractivity contribution is 9.10. The van der Waals surface area contributed by atoms with Crippen molar-refractivity contribution in [3.63, 3.8) is 0 Å². The van der Waals surface area contributed by atoms with Crippen LogP contribution in [0.2, 0.25) is 0 Å². The Morgan fingerprint density at radius 1 is 1.37 bits per heavy atom. The molecule has 0 spiro atoms. The van der Waals surface area contributed by atoms with Gasteiger partial charge in [-0.1, -0.05) is 5.21 Å². The minimum Gasteiger partial charge on any atom is -0.265 e. The SMILES string of the molecule is Cn1nnc(Br)c1S(=O)(=O)NCCc1ccncc1. The second-order valence-corrected chi connectivity index (χ2v) is 6.25. The first kappa shape index (κ1) is 14.1. The van der Waals surface area contributed by atoms with Crippen molar-refractivity contribution in [1.82, 2.24) is 24.7 Å². The Morgan fingerprint density at radius 2 is 2.05 bits per heavy atom. The van der Waals surface area contributed by atoms with Gasteiger partial charge in [0.25, 0.3) is 10.0 Å². The Labute approximate surface area is 119 Å². The van der Waals surface area contributed by atoms with Crippen molar-refractivity contribution in [3.8, 4) is 0 Å². The van der Waals surface area contributed by atoms with E-state index in [0.717, 1.165) is 5.56 Å². The molecule has 0 aromatic carbocycles. The molecule has 0 saturated heterocycles. The van der Waals surface area contributed by atoms with Crippen molar-refractivity contribution in [1.29, 1.82) is 0 Å². The van der Waals surface area contributed by atoms with E-state index in [-0.39, 0.29) is 9.63 Å². The second-order valence-electron chi connectivity index (χ2n) is 3.81. The lowest BCUT2D eigenvalue weighted by molar-refractivity contribution is 0.560. The highest BCUT2D eigenvalue weighted by atomic mass is 79.9. The van der Waals surface area contributed by atoms with E-state index in [4.69, 9.17) is 0 Å². The maximum absolute atomic E-state index is 12.1. The predicted molar refractivity (Wildman–Crippen MR) is 71.8 cm³/mol. The summed E-state index contributed by atoms with van der Waals surface area (Å²) in [6, 6.07) is 3.69. The van der Waals surface area contributed by atoms with Gasteiger partial charge < -0.3 is 0 Å². The lowest BCUT2D eigenvalue weighted by atomic mass is 10.2. The largest absolute Gasteiger partial charge is 0.265 e. The molecule has 0 aliphatic carbocycles. The summed E-state index contributed by atoms with van der Waals surface area (Å²) < 4.78 is 28.1. The summed E-state index contributed by atoms with van der Waals surface area (Å²) in [6.07, 6.45) is 3.93. The van der Waals surface area contributed by atoms with Gasteiger partial charge in [0.1, 0.15) is 0 Å². The third kappa shape index (κ3) is 3.37. The van der Waals surface area contributed by atoms with Gasteiger partial charge in [0.05, 0.1) is 0 Å². The minimum absolute atomic E-state index is 0.0160. The standard InChI is InChI=1S/C10H12BrN5O2S/c1-16-10(9(11)14-15-16)19(17,18)13-7-4-8-2-5-12-6-3-8/h2-3,5-6,13H,4,7H2,1H3. The van der Waals surface area contributed by atoms with Gasteiger partial charge >= 0.3 is 0 Å². The summed E-state index contributed by atoms with van der Waals surface area (Å²) in [5, 5.41) is 7.31.